The van der Waals surface area contributed by atoms with Gasteiger partial charge >= 0.3 is 6.09 Å². The van der Waals surface area contributed by atoms with Crippen molar-refractivity contribution in [2.24, 2.45) is 5.41 Å². The van der Waals surface area contributed by atoms with Gasteiger partial charge in [-0.05, 0) is 39.0 Å². The highest BCUT2D eigenvalue weighted by Gasteiger charge is 2.54. The fourth-order valence-electron chi connectivity index (χ4n) is 3.13. The van der Waals surface area contributed by atoms with Crippen molar-refractivity contribution in [1.29, 1.82) is 0 Å². The fraction of sp³-hybridized carbons (Fsp3) is 0.562. The molecule has 2 heterocycles. The summed E-state index contributed by atoms with van der Waals surface area (Å²) >= 11 is 0. The van der Waals surface area contributed by atoms with E-state index in [1.807, 2.05) is 25.7 Å². The molecule has 2 fully saturated rings. The lowest BCUT2D eigenvalue weighted by atomic mass is 9.73. The van der Waals surface area contributed by atoms with Crippen molar-refractivity contribution >= 4 is 17.5 Å². The van der Waals surface area contributed by atoms with Crippen LogP contribution in [-0.4, -0.2) is 42.8 Å². The first-order valence-electron chi connectivity index (χ1n) is 7.45. The van der Waals surface area contributed by atoms with Gasteiger partial charge in [0.1, 0.15) is 11.4 Å². The zero-order valence-electron chi connectivity index (χ0n) is 13.2. The SMILES string of the molecule is CC(C)(C)OC(=O)N1CC2(C1)CN(c1ccc(N)cc1F)C2. The quantitative estimate of drug-likeness (QED) is 0.810. The van der Waals surface area contributed by atoms with Crippen LogP contribution in [-0.2, 0) is 4.74 Å². The second-order valence-electron chi connectivity index (χ2n) is 7.40. The molecular formula is C16H22FN3O2. The highest BCUT2D eigenvalue weighted by Crippen LogP contribution is 2.43. The van der Waals surface area contributed by atoms with Gasteiger partial charge in [0.25, 0.3) is 0 Å². The van der Waals surface area contributed by atoms with Crippen molar-refractivity contribution in [2.45, 2.75) is 26.4 Å². The van der Waals surface area contributed by atoms with Crippen molar-refractivity contribution in [2.75, 3.05) is 36.8 Å². The molecule has 120 valence electrons. The molecule has 0 atom stereocenters. The molecule has 3 rings (SSSR count). The number of hydrogen-bond acceptors (Lipinski definition) is 4. The second kappa shape index (κ2) is 4.76. The van der Waals surface area contributed by atoms with Crippen LogP contribution in [0.3, 0.4) is 0 Å². The summed E-state index contributed by atoms with van der Waals surface area (Å²) in [5.41, 5.74) is 6.18. The number of halogens is 1. The van der Waals surface area contributed by atoms with Gasteiger partial charge in [0.05, 0.1) is 5.69 Å². The van der Waals surface area contributed by atoms with Crippen LogP contribution >= 0.6 is 0 Å². The van der Waals surface area contributed by atoms with E-state index in [9.17, 15) is 9.18 Å². The van der Waals surface area contributed by atoms with Gasteiger partial charge in [-0.15, -0.1) is 0 Å². The minimum atomic E-state index is -0.474. The van der Waals surface area contributed by atoms with Crippen LogP contribution < -0.4 is 10.6 Å². The van der Waals surface area contributed by atoms with Gasteiger partial charge in [-0.3, -0.25) is 0 Å². The van der Waals surface area contributed by atoms with Gasteiger partial charge < -0.3 is 20.3 Å². The van der Waals surface area contributed by atoms with Crippen molar-refractivity contribution < 1.29 is 13.9 Å². The Hall–Kier alpha value is -1.98. The normalized spacial score (nSPS) is 19.6. The molecule has 0 unspecified atom stereocenters. The highest BCUT2D eigenvalue weighted by atomic mass is 19.1. The number of carbonyl (C=O) groups is 1. The molecular weight excluding hydrogens is 285 g/mol. The highest BCUT2D eigenvalue weighted by molar-refractivity contribution is 5.70. The molecule has 1 spiro atoms. The Morgan fingerprint density at radius 1 is 1.27 bits per heavy atom. The lowest BCUT2D eigenvalue weighted by Gasteiger charge is -2.60. The van der Waals surface area contributed by atoms with Crippen molar-refractivity contribution in [3.8, 4) is 0 Å². The van der Waals surface area contributed by atoms with E-state index in [0.29, 0.717) is 24.5 Å². The first kappa shape index (κ1) is 14.9. The number of carbonyl (C=O) groups excluding carboxylic acids is 1. The Morgan fingerprint density at radius 2 is 1.91 bits per heavy atom. The van der Waals surface area contributed by atoms with Gasteiger partial charge in [-0.25, -0.2) is 9.18 Å². The number of benzene rings is 1. The van der Waals surface area contributed by atoms with Gasteiger partial charge in [0.2, 0.25) is 0 Å². The molecule has 6 heteroatoms. The summed E-state index contributed by atoms with van der Waals surface area (Å²) in [4.78, 5) is 15.6. The van der Waals surface area contributed by atoms with Crippen LogP contribution in [0, 0.1) is 11.2 Å². The number of nitrogens with two attached hydrogens (primary N) is 1. The van der Waals surface area contributed by atoms with E-state index >= 15 is 0 Å². The number of anilines is 2. The second-order valence-corrected chi connectivity index (χ2v) is 7.40. The van der Waals surface area contributed by atoms with Crippen LogP contribution in [0.1, 0.15) is 20.8 Å². The van der Waals surface area contributed by atoms with E-state index in [0.717, 1.165) is 13.1 Å². The Balaban J connectivity index is 1.54. The smallest absolute Gasteiger partial charge is 0.410 e. The van der Waals surface area contributed by atoms with Gasteiger partial charge in [0.15, 0.2) is 0 Å². The molecule has 1 amide bonds. The topological polar surface area (TPSA) is 58.8 Å². The third-order valence-corrected chi connectivity index (χ3v) is 4.07. The van der Waals surface area contributed by atoms with Gasteiger partial charge in [-0.2, -0.15) is 0 Å². The lowest BCUT2D eigenvalue weighted by Crippen LogP contribution is -2.73. The Morgan fingerprint density at radius 3 is 2.45 bits per heavy atom. The van der Waals surface area contributed by atoms with E-state index in [4.69, 9.17) is 10.5 Å². The molecule has 0 radical (unpaired) electrons. The largest absolute Gasteiger partial charge is 0.444 e. The summed E-state index contributed by atoms with van der Waals surface area (Å²) in [5, 5.41) is 0. The number of likely N-dealkylation sites (tertiary alicyclic amines) is 1. The predicted octanol–water partition coefficient (Wildman–Crippen LogP) is 2.47. The molecule has 22 heavy (non-hydrogen) atoms. The minimum absolute atomic E-state index is 0.0880. The molecule has 5 nitrogen and oxygen atoms in total. The zero-order chi connectivity index (χ0) is 16.1. The summed E-state index contributed by atoms with van der Waals surface area (Å²) in [7, 11) is 0. The number of nitrogens with zero attached hydrogens (tertiary/aromatic N) is 2. The zero-order valence-corrected chi connectivity index (χ0v) is 13.2. The predicted molar refractivity (Wildman–Crippen MR) is 83.3 cm³/mol. The van der Waals surface area contributed by atoms with Crippen LogP contribution in [0.25, 0.3) is 0 Å². The molecule has 0 aromatic heterocycles. The van der Waals surface area contributed by atoms with E-state index in [2.05, 4.69) is 0 Å². The van der Waals surface area contributed by atoms with Crippen LogP contribution in [0.4, 0.5) is 20.6 Å². The maximum atomic E-state index is 13.9. The van der Waals surface area contributed by atoms with Gasteiger partial charge in [0, 0.05) is 37.3 Å². The standard InChI is InChI=1S/C16H22FN3O2/c1-15(2,3)22-14(21)20-9-16(10-20)7-19(8-16)13-5-4-11(18)6-12(13)17/h4-6H,7-10,18H2,1-3H3. The van der Waals surface area contributed by atoms with Crippen LogP contribution in [0.5, 0.6) is 0 Å². The van der Waals surface area contributed by atoms with Gasteiger partial charge in [-0.1, -0.05) is 0 Å². The van der Waals surface area contributed by atoms with E-state index < -0.39 is 5.60 Å². The minimum Gasteiger partial charge on any atom is -0.444 e. The summed E-state index contributed by atoms with van der Waals surface area (Å²) in [5.74, 6) is -0.293. The van der Waals surface area contributed by atoms with Crippen molar-refractivity contribution in [3.63, 3.8) is 0 Å². The molecule has 2 aliphatic heterocycles. The number of ether oxygens (including phenoxy) is 1. The molecule has 0 bridgehead atoms. The first-order valence-corrected chi connectivity index (χ1v) is 7.45. The Kier molecular flexibility index (Phi) is 3.23. The molecule has 0 aliphatic carbocycles. The molecule has 0 saturated carbocycles. The Bertz CT molecular complexity index is 598. The molecule has 2 saturated heterocycles. The fourth-order valence-corrected chi connectivity index (χ4v) is 3.13. The van der Waals surface area contributed by atoms with Crippen molar-refractivity contribution in [3.05, 3.63) is 24.0 Å². The monoisotopic (exact) mass is 307 g/mol. The molecule has 2 N–H and O–H groups in total. The average Bonchev–Trinajstić information content (AvgIpc) is 2.25. The summed E-state index contributed by atoms with van der Waals surface area (Å²) in [6.07, 6.45) is -0.268. The number of amides is 1. The van der Waals surface area contributed by atoms with Crippen LogP contribution in [0.2, 0.25) is 0 Å². The summed E-state index contributed by atoms with van der Waals surface area (Å²) in [6.45, 7) is 8.44. The van der Waals surface area contributed by atoms with E-state index in [1.165, 1.54) is 6.07 Å². The lowest BCUT2D eigenvalue weighted by molar-refractivity contribution is -0.0454. The maximum Gasteiger partial charge on any atom is 0.410 e. The van der Waals surface area contributed by atoms with Crippen LogP contribution in [0.15, 0.2) is 18.2 Å². The van der Waals surface area contributed by atoms with E-state index in [1.54, 1.807) is 17.0 Å². The number of hydrogen-bond donors (Lipinski definition) is 1. The van der Waals surface area contributed by atoms with E-state index in [-0.39, 0.29) is 17.3 Å². The molecule has 1 aromatic carbocycles. The maximum absolute atomic E-state index is 13.9. The molecule has 2 aliphatic rings. The summed E-state index contributed by atoms with van der Waals surface area (Å²) in [6, 6.07) is 4.76. The first-order chi connectivity index (χ1) is 10.2. The van der Waals surface area contributed by atoms with Crippen molar-refractivity contribution in [1.82, 2.24) is 4.90 Å². The third-order valence-electron chi connectivity index (χ3n) is 4.07. The summed E-state index contributed by atoms with van der Waals surface area (Å²) < 4.78 is 19.2. The average molecular weight is 307 g/mol. The number of nitrogen functional groups attached to an aromatic ring is 1. The third kappa shape index (κ3) is 2.69. The molecule has 1 aromatic rings. The Labute approximate surface area is 129 Å². The number of rotatable bonds is 1.